The van der Waals surface area contributed by atoms with Crippen LogP contribution in [0.4, 0.5) is 0 Å². The fraction of sp³-hybridized carbons (Fsp3) is 0.727. The number of carbonyl (C=O) groups is 2. The van der Waals surface area contributed by atoms with E-state index in [1.165, 1.54) is 6.92 Å². The molecule has 1 heterocycles. The molecule has 0 aromatic rings. The standard InChI is InChI=1S/C11H18N2O4/c1-7(14)13-11(16,9(15)17-5)6-8(12-13)10(2,3)4/h16H,6H2,1-5H3. The molecule has 96 valence electrons. The fourth-order valence-corrected chi connectivity index (χ4v) is 1.62. The Morgan fingerprint density at radius 1 is 1.47 bits per heavy atom. The quantitative estimate of drug-likeness (QED) is 0.679. The number of methoxy groups -OCH3 is 1. The molecule has 1 amide bonds. The van der Waals surface area contributed by atoms with Crippen LogP contribution in [0.15, 0.2) is 5.10 Å². The van der Waals surface area contributed by atoms with Crippen molar-refractivity contribution in [3.63, 3.8) is 0 Å². The van der Waals surface area contributed by atoms with Gasteiger partial charge >= 0.3 is 5.97 Å². The van der Waals surface area contributed by atoms with Gasteiger partial charge in [-0.25, -0.2) is 4.79 Å². The molecule has 1 rings (SSSR count). The highest BCUT2D eigenvalue weighted by atomic mass is 16.5. The van der Waals surface area contributed by atoms with Gasteiger partial charge in [-0.1, -0.05) is 20.8 Å². The molecule has 0 aromatic carbocycles. The van der Waals surface area contributed by atoms with E-state index in [4.69, 9.17) is 0 Å². The number of ether oxygens (including phenoxy) is 1. The van der Waals surface area contributed by atoms with Gasteiger partial charge in [0.1, 0.15) is 0 Å². The lowest BCUT2D eigenvalue weighted by Gasteiger charge is -2.27. The molecule has 6 nitrogen and oxygen atoms in total. The second-order valence-corrected chi connectivity index (χ2v) is 5.11. The first-order valence-electron chi connectivity index (χ1n) is 5.32. The number of aliphatic hydroxyl groups is 1. The molecule has 1 atom stereocenters. The third-order valence-corrected chi connectivity index (χ3v) is 2.66. The molecule has 0 saturated heterocycles. The summed E-state index contributed by atoms with van der Waals surface area (Å²) < 4.78 is 4.52. The summed E-state index contributed by atoms with van der Waals surface area (Å²) >= 11 is 0. The van der Waals surface area contributed by atoms with Gasteiger partial charge in [-0.2, -0.15) is 10.1 Å². The molecule has 1 aliphatic rings. The third kappa shape index (κ3) is 2.31. The zero-order chi connectivity index (χ0) is 13.4. The molecule has 0 saturated carbocycles. The largest absolute Gasteiger partial charge is 0.465 e. The molecule has 6 heteroatoms. The van der Waals surface area contributed by atoms with Crippen LogP contribution in [0.5, 0.6) is 0 Å². The van der Waals surface area contributed by atoms with Gasteiger partial charge < -0.3 is 9.84 Å². The minimum absolute atomic E-state index is 0.0250. The summed E-state index contributed by atoms with van der Waals surface area (Å²) in [5.74, 6) is -1.38. The Labute approximate surface area is 100 Å². The average Bonchev–Trinajstić information content (AvgIpc) is 2.56. The van der Waals surface area contributed by atoms with Gasteiger partial charge in [-0.3, -0.25) is 4.79 Å². The number of amides is 1. The summed E-state index contributed by atoms with van der Waals surface area (Å²) in [4.78, 5) is 23.0. The van der Waals surface area contributed by atoms with Crippen molar-refractivity contribution < 1.29 is 19.4 Å². The molecular weight excluding hydrogens is 224 g/mol. The summed E-state index contributed by atoms with van der Waals surface area (Å²) in [6, 6.07) is 0. The van der Waals surface area contributed by atoms with Crippen LogP contribution in [-0.2, 0) is 14.3 Å². The van der Waals surface area contributed by atoms with Crippen LogP contribution in [0.25, 0.3) is 0 Å². The van der Waals surface area contributed by atoms with E-state index < -0.39 is 17.6 Å². The highest BCUT2D eigenvalue weighted by molar-refractivity contribution is 5.99. The summed E-state index contributed by atoms with van der Waals surface area (Å²) in [6.07, 6.45) is -0.0250. The summed E-state index contributed by atoms with van der Waals surface area (Å²) in [7, 11) is 1.16. The highest BCUT2D eigenvalue weighted by Gasteiger charge is 2.52. The van der Waals surface area contributed by atoms with E-state index in [1.54, 1.807) is 0 Å². The molecule has 0 fully saturated rings. The van der Waals surface area contributed by atoms with Gasteiger partial charge in [0.15, 0.2) is 0 Å². The van der Waals surface area contributed by atoms with E-state index in [0.29, 0.717) is 5.71 Å². The van der Waals surface area contributed by atoms with Crippen molar-refractivity contribution in [1.82, 2.24) is 5.01 Å². The maximum Gasteiger partial charge on any atom is 0.361 e. The normalized spacial score (nSPS) is 24.6. The Morgan fingerprint density at radius 2 is 2.00 bits per heavy atom. The molecule has 0 aliphatic carbocycles. The Balaban J connectivity index is 3.14. The molecular formula is C11H18N2O4. The first-order valence-corrected chi connectivity index (χ1v) is 5.32. The summed E-state index contributed by atoms with van der Waals surface area (Å²) in [5.41, 5.74) is -1.75. The predicted octanol–water partition coefficient (Wildman–Crippen LogP) is 0.502. The van der Waals surface area contributed by atoms with Crippen LogP contribution in [-0.4, -0.2) is 40.5 Å². The molecule has 1 unspecified atom stereocenters. The fourth-order valence-electron chi connectivity index (χ4n) is 1.62. The van der Waals surface area contributed by atoms with Crippen molar-refractivity contribution in [1.29, 1.82) is 0 Å². The number of hydrazone groups is 1. The van der Waals surface area contributed by atoms with Gasteiger partial charge in [-0.05, 0) is 0 Å². The Bertz CT molecular complexity index is 383. The van der Waals surface area contributed by atoms with Crippen LogP contribution in [0.3, 0.4) is 0 Å². The first kappa shape index (κ1) is 13.6. The highest BCUT2D eigenvalue weighted by Crippen LogP contribution is 2.33. The van der Waals surface area contributed by atoms with E-state index in [-0.39, 0.29) is 11.8 Å². The lowest BCUT2D eigenvalue weighted by atomic mass is 9.86. The molecule has 1 N–H and O–H groups in total. The lowest BCUT2D eigenvalue weighted by Crippen LogP contribution is -2.52. The maximum atomic E-state index is 11.6. The number of esters is 1. The number of carbonyl (C=O) groups excluding carboxylic acids is 2. The van der Waals surface area contributed by atoms with Crippen LogP contribution in [0, 0.1) is 5.41 Å². The number of rotatable bonds is 1. The van der Waals surface area contributed by atoms with Gasteiger partial charge in [0, 0.05) is 24.5 Å². The first-order chi connectivity index (χ1) is 7.63. The molecule has 0 spiro atoms. The number of hydrogen-bond acceptors (Lipinski definition) is 5. The molecule has 0 aromatic heterocycles. The second-order valence-electron chi connectivity index (χ2n) is 5.11. The Kier molecular flexibility index (Phi) is 3.29. The van der Waals surface area contributed by atoms with Gasteiger partial charge in [0.2, 0.25) is 5.91 Å². The second kappa shape index (κ2) is 4.10. The van der Waals surface area contributed by atoms with Crippen LogP contribution in [0.1, 0.15) is 34.1 Å². The van der Waals surface area contributed by atoms with Crippen molar-refractivity contribution in [2.24, 2.45) is 10.5 Å². The smallest absolute Gasteiger partial charge is 0.361 e. The molecule has 17 heavy (non-hydrogen) atoms. The van der Waals surface area contributed by atoms with E-state index in [1.807, 2.05) is 20.8 Å². The molecule has 0 bridgehead atoms. The van der Waals surface area contributed by atoms with Gasteiger partial charge in [0.25, 0.3) is 5.72 Å². The van der Waals surface area contributed by atoms with E-state index in [9.17, 15) is 14.7 Å². The van der Waals surface area contributed by atoms with Crippen molar-refractivity contribution >= 4 is 17.6 Å². The Hall–Kier alpha value is -1.43. The van der Waals surface area contributed by atoms with Crippen molar-refractivity contribution in [2.45, 2.75) is 39.8 Å². The van der Waals surface area contributed by atoms with Gasteiger partial charge in [-0.15, -0.1) is 0 Å². The number of hydrogen-bond donors (Lipinski definition) is 1. The topological polar surface area (TPSA) is 79.2 Å². The monoisotopic (exact) mass is 242 g/mol. The van der Waals surface area contributed by atoms with Crippen molar-refractivity contribution in [3.8, 4) is 0 Å². The molecule has 0 radical (unpaired) electrons. The average molecular weight is 242 g/mol. The molecule has 1 aliphatic heterocycles. The predicted molar refractivity (Wildman–Crippen MR) is 61.0 cm³/mol. The van der Waals surface area contributed by atoms with Crippen LogP contribution in [0.2, 0.25) is 0 Å². The minimum atomic E-state index is -2.01. The lowest BCUT2D eigenvalue weighted by molar-refractivity contribution is -0.186. The third-order valence-electron chi connectivity index (χ3n) is 2.66. The summed E-state index contributed by atoms with van der Waals surface area (Å²) in [5, 5.41) is 15.1. The SMILES string of the molecule is COC(=O)C1(O)CC(C(C)(C)C)=NN1C(C)=O. The minimum Gasteiger partial charge on any atom is -0.465 e. The number of nitrogens with zero attached hydrogens (tertiary/aromatic N) is 2. The Morgan fingerprint density at radius 3 is 2.35 bits per heavy atom. The zero-order valence-electron chi connectivity index (χ0n) is 10.8. The van der Waals surface area contributed by atoms with E-state index in [0.717, 1.165) is 12.1 Å². The van der Waals surface area contributed by atoms with E-state index in [2.05, 4.69) is 9.84 Å². The van der Waals surface area contributed by atoms with Crippen molar-refractivity contribution in [2.75, 3.05) is 7.11 Å². The van der Waals surface area contributed by atoms with E-state index >= 15 is 0 Å². The zero-order valence-corrected chi connectivity index (χ0v) is 10.8. The van der Waals surface area contributed by atoms with Crippen LogP contribution < -0.4 is 0 Å². The van der Waals surface area contributed by atoms with Crippen molar-refractivity contribution in [3.05, 3.63) is 0 Å². The maximum absolute atomic E-state index is 11.6. The van der Waals surface area contributed by atoms with Crippen LogP contribution >= 0.6 is 0 Å². The summed E-state index contributed by atoms with van der Waals surface area (Å²) in [6.45, 7) is 6.93. The van der Waals surface area contributed by atoms with Gasteiger partial charge in [0.05, 0.1) is 7.11 Å².